The number of nitrogens with zero attached hydrogens (tertiary/aromatic N) is 2. The van der Waals surface area contributed by atoms with Crippen molar-refractivity contribution in [2.24, 2.45) is 0 Å². The molecule has 9 heteroatoms. The van der Waals surface area contributed by atoms with Crippen LogP contribution in [0.3, 0.4) is 0 Å². The van der Waals surface area contributed by atoms with E-state index in [1.165, 1.54) is 0 Å². The Bertz CT molecular complexity index is 866. The van der Waals surface area contributed by atoms with Crippen LogP contribution in [0.2, 0.25) is 0 Å². The number of H-pyrrole nitrogens is 1. The van der Waals surface area contributed by atoms with Gasteiger partial charge in [0.2, 0.25) is 5.91 Å². The van der Waals surface area contributed by atoms with Gasteiger partial charge in [0.15, 0.2) is 5.69 Å². The number of amides is 2. The molecule has 3 rings (SSSR count). The minimum absolute atomic E-state index is 0.00632. The average Bonchev–Trinajstić information content (AvgIpc) is 3.14. The van der Waals surface area contributed by atoms with Gasteiger partial charge in [-0.3, -0.25) is 9.59 Å². The molecule has 3 N–H and O–H groups in total. The molecule has 1 fully saturated rings. The van der Waals surface area contributed by atoms with Gasteiger partial charge in [-0.15, -0.1) is 0 Å². The minimum Gasteiger partial charge on any atom is -0.497 e. The molecule has 2 aromatic rings. The number of carbonyl (C=O) groups is 2. The first-order valence-corrected chi connectivity index (χ1v) is 9.68. The van der Waals surface area contributed by atoms with E-state index in [9.17, 15) is 9.59 Å². The van der Waals surface area contributed by atoms with Gasteiger partial charge in [-0.05, 0) is 38.7 Å². The van der Waals surface area contributed by atoms with E-state index in [1.54, 1.807) is 27.2 Å². The van der Waals surface area contributed by atoms with Crippen LogP contribution in [0.4, 0.5) is 0 Å². The molecule has 1 aromatic carbocycles. The lowest BCUT2D eigenvalue weighted by molar-refractivity contribution is -0.121. The number of aryl methyl sites for hydroxylation is 1. The van der Waals surface area contributed by atoms with Gasteiger partial charge in [-0.1, -0.05) is 6.07 Å². The molecule has 0 bridgehead atoms. The molecule has 0 unspecified atom stereocenters. The number of ether oxygens (including phenoxy) is 2. The molecule has 156 valence electrons. The van der Waals surface area contributed by atoms with E-state index < -0.39 is 0 Å². The Hall–Kier alpha value is -3.10. The summed E-state index contributed by atoms with van der Waals surface area (Å²) in [6.45, 7) is 1.73. The van der Waals surface area contributed by atoms with Crippen molar-refractivity contribution in [3.63, 3.8) is 0 Å². The fourth-order valence-corrected chi connectivity index (χ4v) is 3.65. The SMILES string of the molecule is COc1ccc(CC(=O)N[C@@H]2CCC[C@@H](NC(=O)c3n[nH]nc3C)C2)c(OC)c1. The summed E-state index contributed by atoms with van der Waals surface area (Å²) in [7, 11) is 3.16. The third-order valence-electron chi connectivity index (χ3n) is 5.16. The van der Waals surface area contributed by atoms with E-state index in [-0.39, 0.29) is 30.3 Å². The summed E-state index contributed by atoms with van der Waals surface area (Å²) in [6, 6.07) is 5.42. The zero-order valence-corrected chi connectivity index (χ0v) is 16.9. The minimum atomic E-state index is -0.240. The highest BCUT2D eigenvalue weighted by Gasteiger charge is 2.26. The summed E-state index contributed by atoms with van der Waals surface area (Å²) in [5.74, 6) is 0.990. The lowest BCUT2D eigenvalue weighted by Crippen LogP contribution is -2.46. The number of methoxy groups -OCH3 is 2. The zero-order chi connectivity index (χ0) is 20.8. The number of nitrogens with one attached hydrogen (secondary N) is 3. The number of benzene rings is 1. The Morgan fingerprint density at radius 3 is 2.55 bits per heavy atom. The fourth-order valence-electron chi connectivity index (χ4n) is 3.65. The van der Waals surface area contributed by atoms with Crippen molar-refractivity contribution < 1.29 is 19.1 Å². The van der Waals surface area contributed by atoms with E-state index in [4.69, 9.17) is 9.47 Å². The summed E-state index contributed by atoms with van der Waals surface area (Å²) < 4.78 is 10.6. The predicted octanol–water partition coefficient (Wildman–Crippen LogP) is 1.53. The molecule has 2 atom stereocenters. The lowest BCUT2D eigenvalue weighted by Gasteiger charge is -2.30. The molecule has 0 radical (unpaired) electrons. The van der Waals surface area contributed by atoms with E-state index in [2.05, 4.69) is 26.0 Å². The lowest BCUT2D eigenvalue weighted by atomic mass is 9.90. The van der Waals surface area contributed by atoms with Gasteiger partial charge in [0.25, 0.3) is 5.91 Å². The first kappa shape index (κ1) is 20.6. The van der Waals surface area contributed by atoms with Gasteiger partial charge in [0.05, 0.1) is 26.3 Å². The van der Waals surface area contributed by atoms with Gasteiger partial charge in [0, 0.05) is 23.7 Å². The van der Waals surface area contributed by atoms with Crippen LogP contribution in [0.15, 0.2) is 18.2 Å². The average molecular weight is 401 g/mol. The summed E-state index contributed by atoms with van der Waals surface area (Å²) in [5.41, 5.74) is 1.67. The van der Waals surface area contributed by atoms with Gasteiger partial charge >= 0.3 is 0 Å². The highest BCUT2D eigenvalue weighted by Crippen LogP contribution is 2.25. The molecule has 0 aliphatic heterocycles. The van der Waals surface area contributed by atoms with E-state index in [0.717, 1.165) is 24.8 Å². The van der Waals surface area contributed by atoms with Gasteiger partial charge in [-0.2, -0.15) is 15.4 Å². The van der Waals surface area contributed by atoms with Crippen molar-refractivity contribution in [2.45, 2.75) is 51.1 Å². The Labute approximate surface area is 169 Å². The Balaban J connectivity index is 1.54. The summed E-state index contributed by atoms with van der Waals surface area (Å²) in [5, 5.41) is 16.3. The highest BCUT2D eigenvalue weighted by molar-refractivity contribution is 5.93. The molecule has 29 heavy (non-hydrogen) atoms. The van der Waals surface area contributed by atoms with Gasteiger partial charge in [-0.25, -0.2) is 0 Å². The fraction of sp³-hybridized carbons (Fsp3) is 0.500. The Kier molecular flexibility index (Phi) is 6.69. The van der Waals surface area contributed by atoms with Crippen LogP contribution in [0.1, 0.15) is 47.4 Å². The number of carbonyl (C=O) groups excluding carboxylic acids is 2. The Morgan fingerprint density at radius 2 is 1.90 bits per heavy atom. The molecule has 1 aromatic heterocycles. The molecule has 9 nitrogen and oxygen atoms in total. The van der Waals surface area contributed by atoms with Crippen LogP contribution in [0.5, 0.6) is 11.5 Å². The third kappa shape index (κ3) is 5.24. The number of aromatic nitrogens is 3. The quantitative estimate of drug-likeness (QED) is 0.648. The highest BCUT2D eigenvalue weighted by atomic mass is 16.5. The van der Waals surface area contributed by atoms with Gasteiger partial charge in [0.1, 0.15) is 11.5 Å². The maximum Gasteiger partial charge on any atom is 0.273 e. The molecule has 1 heterocycles. The molecular formula is C20H27N5O4. The standard InChI is InChI=1S/C20H27N5O4/c1-12-19(24-25-23-12)20(27)22-15-6-4-5-14(10-15)21-18(26)9-13-7-8-16(28-2)11-17(13)29-3/h7-8,11,14-15H,4-6,9-10H2,1-3H3,(H,21,26)(H,22,27)(H,23,24,25)/t14-,15-/m1/s1. The second kappa shape index (κ2) is 9.40. The van der Waals surface area contributed by atoms with Gasteiger partial charge < -0.3 is 20.1 Å². The van der Waals surface area contributed by atoms with Crippen LogP contribution in [-0.2, 0) is 11.2 Å². The molecule has 1 aliphatic rings. The first-order chi connectivity index (χ1) is 14.0. The molecule has 1 aliphatic carbocycles. The molecule has 0 saturated heterocycles. The van der Waals surface area contributed by atoms with Crippen LogP contribution >= 0.6 is 0 Å². The van der Waals surface area contributed by atoms with E-state index in [1.807, 2.05) is 12.1 Å². The van der Waals surface area contributed by atoms with Crippen molar-refractivity contribution in [1.29, 1.82) is 0 Å². The molecule has 2 amide bonds. The normalized spacial score (nSPS) is 18.7. The van der Waals surface area contributed by atoms with Crippen molar-refractivity contribution in [3.05, 3.63) is 35.2 Å². The maximum absolute atomic E-state index is 12.6. The van der Waals surface area contributed by atoms with E-state index >= 15 is 0 Å². The van der Waals surface area contributed by atoms with Crippen LogP contribution in [-0.4, -0.2) is 53.5 Å². The molecular weight excluding hydrogens is 374 g/mol. The Morgan fingerprint density at radius 1 is 1.14 bits per heavy atom. The smallest absolute Gasteiger partial charge is 0.273 e. The monoisotopic (exact) mass is 401 g/mol. The topological polar surface area (TPSA) is 118 Å². The van der Waals surface area contributed by atoms with Crippen molar-refractivity contribution in [1.82, 2.24) is 26.0 Å². The first-order valence-electron chi connectivity index (χ1n) is 9.68. The summed E-state index contributed by atoms with van der Waals surface area (Å²) >= 11 is 0. The maximum atomic E-state index is 12.6. The third-order valence-corrected chi connectivity index (χ3v) is 5.16. The van der Waals surface area contributed by atoms with Crippen molar-refractivity contribution in [3.8, 4) is 11.5 Å². The predicted molar refractivity (Wildman–Crippen MR) is 106 cm³/mol. The number of hydrogen-bond donors (Lipinski definition) is 3. The summed E-state index contributed by atoms with van der Waals surface area (Å²) in [4.78, 5) is 24.9. The number of rotatable bonds is 7. The largest absolute Gasteiger partial charge is 0.497 e. The van der Waals surface area contributed by atoms with Crippen LogP contribution in [0.25, 0.3) is 0 Å². The molecule has 1 saturated carbocycles. The van der Waals surface area contributed by atoms with Crippen molar-refractivity contribution >= 4 is 11.8 Å². The second-order valence-corrected chi connectivity index (χ2v) is 7.21. The second-order valence-electron chi connectivity index (χ2n) is 7.21. The number of hydrogen-bond acceptors (Lipinski definition) is 6. The molecule has 0 spiro atoms. The van der Waals surface area contributed by atoms with E-state index in [0.29, 0.717) is 29.3 Å². The number of aromatic amines is 1. The van der Waals surface area contributed by atoms with Crippen LogP contribution < -0.4 is 20.1 Å². The van der Waals surface area contributed by atoms with Crippen LogP contribution in [0, 0.1) is 6.92 Å². The zero-order valence-electron chi connectivity index (χ0n) is 16.9. The summed E-state index contributed by atoms with van der Waals surface area (Å²) in [6.07, 6.45) is 3.61. The van der Waals surface area contributed by atoms with Crippen molar-refractivity contribution in [2.75, 3.05) is 14.2 Å².